The van der Waals surface area contributed by atoms with Gasteiger partial charge in [0, 0.05) is 11.9 Å². The van der Waals surface area contributed by atoms with Gasteiger partial charge in [0.1, 0.15) is 24.2 Å². The summed E-state index contributed by atoms with van der Waals surface area (Å²) in [6, 6.07) is 7.02. The minimum Gasteiger partial charge on any atom is -0.489 e. The van der Waals surface area contributed by atoms with Crippen molar-refractivity contribution in [1.82, 2.24) is 4.57 Å². The van der Waals surface area contributed by atoms with Crippen LogP contribution in [-0.4, -0.2) is 43.0 Å². The molecule has 1 fully saturated rings. The zero-order valence-corrected chi connectivity index (χ0v) is 15.0. The van der Waals surface area contributed by atoms with Gasteiger partial charge in [-0.05, 0) is 37.8 Å². The fraction of sp³-hybridized carbons (Fsp3) is 0.471. The van der Waals surface area contributed by atoms with Gasteiger partial charge in [0.05, 0.1) is 11.8 Å². The normalized spacial score (nSPS) is 16.1. The lowest BCUT2D eigenvalue weighted by Crippen LogP contribution is -2.21. The standard InChI is InChI=1S/C17H21NO6S/c1-11(24-25(2,21)22)10-23-15-5-3-4-13-8-14(17(19)20)18(16(13)15)9-12-6-7-12/h3-5,8,11-12H,6-7,9-10H2,1-2H3,(H,19,20)/t11-/m1/s1. The van der Waals surface area contributed by atoms with Gasteiger partial charge >= 0.3 is 5.97 Å². The van der Waals surface area contributed by atoms with Crippen LogP contribution < -0.4 is 4.74 Å². The maximum absolute atomic E-state index is 11.6. The number of aromatic nitrogens is 1. The molecule has 2 aromatic rings. The number of carboxylic acids is 1. The van der Waals surface area contributed by atoms with Gasteiger partial charge in [-0.15, -0.1) is 0 Å². The van der Waals surface area contributed by atoms with E-state index >= 15 is 0 Å². The lowest BCUT2D eigenvalue weighted by Gasteiger charge is -2.15. The lowest BCUT2D eigenvalue weighted by atomic mass is 10.2. The summed E-state index contributed by atoms with van der Waals surface area (Å²) in [6.07, 6.45) is 2.54. The Kier molecular flexibility index (Phi) is 4.75. The van der Waals surface area contributed by atoms with Gasteiger partial charge in [-0.2, -0.15) is 8.42 Å². The Balaban J connectivity index is 1.90. The van der Waals surface area contributed by atoms with Crippen LogP contribution in [0.25, 0.3) is 10.9 Å². The quantitative estimate of drug-likeness (QED) is 0.720. The fourth-order valence-corrected chi connectivity index (χ4v) is 3.52. The molecule has 1 aromatic heterocycles. The molecule has 8 heteroatoms. The molecule has 0 aliphatic heterocycles. The third kappa shape index (κ3) is 4.32. The third-order valence-corrected chi connectivity index (χ3v) is 4.73. The van der Waals surface area contributed by atoms with Crippen molar-refractivity contribution in [3.05, 3.63) is 30.0 Å². The minimum atomic E-state index is -3.56. The van der Waals surface area contributed by atoms with Crippen LogP contribution >= 0.6 is 0 Å². The van der Waals surface area contributed by atoms with Crippen LogP contribution in [0.1, 0.15) is 30.3 Å². The van der Waals surface area contributed by atoms with E-state index in [0.29, 0.717) is 18.2 Å². The Hall–Kier alpha value is -2.06. The van der Waals surface area contributed by atoms with E-state index in [-0.39, 0.29) is 12.3 Å². The Morgan fingerprint density at radius 1 is 1.40 bits per heavy atom. The summed E-state index contributed by atoms with van der Waals surface area (Å²) in [5.41, 5.74) is 0.955. The number of aromatic carboxylic acids is 1. The summed E-state index contributed by atoms with van der Waals surface area (Å²) in [5.74, 6) is 0.0421. The molecule has 1 atom stereocenters. The van der Waals surface area contributed by atoms with Crippen LogP contribution in [0.2, 0.25) is 0 Å². The van der Waals surface area contributed by atoms with Crippen molar-refractivity contribution in [2.75, 3.05) is 12.9 Å². The summed E-state index contributed by atoms with van der Waals surface area (Å²) in [7, 11) is -3.56. The van der Waals surface area contributed by atoms with E-state index < -0.39 is 22.2 Å². The molecule has 1 heterocycles. The second kappa shape index (κ2) is 6.68. The summed E-state index contributed by atoms with van der Waals surface area (Å²) in [5, 5.41) is 10.3. The minimum absolute atomic E-state index is 0.0448. The van der Waals surface area contributed by atoms with Gasteiger partial charge in [-0.3, -0.25) is 4.18 Å². The van der Waals surface area contributed by atoms with Gasteiger partial charge in [0.2, 0.25) is 0 Å². The number of rotatable bonds is 8. The highest BCUT2D eigenvalue weighted by Crippen LogP contribution is 2.36. The number of hydrogen-bond donors (Lipinski definition) is 1. The molecule has 0 saturated heterocycles. The zero-order valence-electron chi connectivity index (χ0n) is 14.1. The van der Waals surface area contributed by atoms with E-state index in [1.165, 1.54) is 0 Å². The second-order valence-electron chi connectivity index (χ2n) is 6.50. The summed E-state index contributed by atoms with van der Waals surface area (Å²) in [4.78, 5) is 11.6. The first-order valence-electron chi connectivity index (χ1n) is 8.11. The van der Waals surface area contributed by atoms with Gasteiger partial charge in [0.25, 0.3) is 10.1 Å². The van der Waals surface area contributed by atoms with Crippen molar-refractivity contribution in [2.24, 2.45) is 5.92 Å². The molecule has 136 valence electrons. The molecule has 1 saturated carbocycles. The number of benzene rings is 1. The molecule has 7 nitrogen and oxygen atoms in total. The molecule has 1 aliphatic rings. The number of nitrogens with zero attached hydrogens (tertiary/aromatic N) is 1. The van der Waals surface area contributed by atoms with Gasteiger partial charge in [0.15, 0.2) is 0 Å². The molecular weight excluding hydrogens is 346 g/mol. The Morgan fingerprint density at radius 2 is 2.12 bits per heavy atom. The molecule has 0 spiro atoms. The monoisotopic (exact) mass is 367 g/mol. The molecule has 1 aliphatic carbocycles. The number of hydrogen-bond acceptors (Lipinski definition) is 5. The Morgan fingerprint density at radius 3 is 2.72 bits per heavy atom. The Bertz CT molecular complexity index is 897. The van der Waals surface area contributed by atoms with Crippen molar-refractivity contribution in [2.45, 2.75) is 32.4 Å². The smallest absolute Gasteiger partial charge is 0.352 e. The SMILES string of the molecule is C[C@H](COc1cccc2cc(C(=O)O)n(CC3CC3)c12)OS(C)(=O)=O. The van der Waals surface area contributed by atoms with E-state index in [4.69, 9.17) is 8.92 Å². The zero-order chi connectivity index (χ0) is 18.2. The van der Waals surface area contributed by atoms with Gasteiger partial charge < -0.3 is 14.4 Å². The fourth-order valence-electron chi connectivity index (χ4n) is 2.87. The maximum atomic E-state index is 11.6. The predicted octanol–water partition coefficient (Wildman–Crippen LogP) is 2.49. The predicted molar refractivity (Wildman–Crippen MR) is 92.5 cm³/mol. The van der Waals surface area contributed by atoms with Crippen LogP contribution in [0.5, 0.6) is 5.75 Å². The summed E-state index contributed by atoms with van der Waals surface area (Å²) in [6.45, 7) is 2.29. The van der Waals surface area contributed by atoms with Crippen LogP contribution in [0.3, 0.4) is 0 Å². The highest BCUT2D eigenvalue weighted by atomic mass is 32.2. The molecular formula is C17H21NO6S. The highest BCUT2D eigenvalue weighted by molar-refractivity contribution is 7.86. The third-order valence-electron chi connectivity index (χ3n) is 4.05. The molecule has 1 N–H and O–H groups in total. The first kappa shape index (κ1) is 17.8. The lowest BCUT2D eigenvalue weighted by molar-refractivity contribution is 0.0685. The van der Waals surface area contributed by atoms with E-state index in [1.54, 1.807) is 29.7 Å². The average molecular weight is 367 g/mol. The largest absolute Gasteiger partial charge is 0.489 e. The van der Waals surface area contributed by atoms with Crippen LogP contribution in [0, 0.1) is 5.92 Å². The molecule has 0 bridgehead atoms. The molecule has 3 rings (SSSR count). The van der Waals surface area contributed by atoms with Crippen molar-refractivity contribution >= 4 is 27.0 Å². The molecule has 0 amide bonds. The van der Waals surface area contributed by atoms with E-state index in [0.717, 1.165) is 30.0 Å². The van der Waals surface area contributed by atoms with Crippen molar-refractivity contribution < 1.29 is 27.2 Å². The second-order valence-corrected chi connectivity index (χ2v) is 8.11. The van der Waals surface area contributed by atoms with E-state index in [9.17, 15) is 18.3 Å². The van der Waals surface area contributed by atoms with Gasteiger partial charge in [-0.25, -0.2) is 4.79 Å². The van der Waals surface area contributed by atoms with Crippen molar-refractivity contribution in [3.63, 3.8) is 0 Å². The number of fused-ring (bicyclic) bond motifs is 1. The molecule has 0 radical (unpaired) electrons. The molecule has 25 heavy (non-hydrogen) atoms. The van der Waals surface area contributed by atoms with E-state index in [2.05, 4.69) is 0 Å². The highest BCUT2D eigenvalue weighted by Gasteiger charge is 2.26. The van der Waals surface area contributed by atoms with Crippen LogP contribution in [-0.2, 0) is 20.8 Å². The number of para-hydroxylation sites is 1. The van der Waals surface area contributed by atoms with E-state index in [1.807, 2.05) is 6.07 Å². The molecule has 0 unspecified atom stereocenters. The first-order chi connectivity index (χ1) is 11.7. The van der Waals surface area contributed by atoms with Crippen molar-refractivity contribution in [1.29, 1.82) is 0 Å². The topological polar surface area (TPSA) is 94.8 Å². The number of carbonyl (C=O) groups is 1. The summed E-state index contributed by atoms with van der Waals surface area (Å²) < 4.78 is 34.8. The number of ether oxygens (including phenoxy) is 1. The molecule has 1 aromatic carbocycles. The number of carboxylic acid groups (broad SMARTS) is 1. The first-order valence-corrected chi connectivity index (χ1v) is 9.93. The van der Waals surface area contributed by atoms with Crippen LogP contribution in [0.15, 0.2) is 24.3 Å². The maximum Gasteiger partial charge on any atom is 0.352 e. The van der Waals surface area contributed by atoms with Crippen molar-refractivity contribution in [3.8, 4) is 5.75 Å². The van der Waals surface area contributed by atoms with Gasteiger partial charge in [-0.1, -0.05) is 12.1 Å². The Labute approximate surface area is 146 Å². The average Bonchev–Trinajstić information content (AvgIpc) is 3.23. The summed E-state index contributed by atoms with van der Waals surface area (Å²) >= 11 is 0. The van der Waals surface area contributed by atoms with Crippen LogP contribution in [0.4, 0.5) is 0 Å².